The normalized spacial score (nSPS) is 14.1. The van der Waals surface area contributed by atoms with Crippen LogP contribution in [0.5, 0.6) is 0 Å². The van der Waals surface area contributed by atoms with Crippen LogP contribution in [0.3, 0.4) is 0 Å². The van der Waals surface area contributed by atoms with E-state index in [0.717, 1.165) is 5.56 Å². The number of aliphatic hydroxyl groups is 1. The number of nitrogens with one attached hydrogen (secondary N) is 1. The molecule has 0 aliphatic carbocycles. The summed E-state index contributed by atoms with van der Waals surface area (Å²) < 4.78 is 5.09. The Bertz CT molecular complexity index is 504. The molecular weight excluding hydrogens is 274 g/mol. The minimum Gasteiger partial charge on any atom is -0.479 e. The number of benzene rings is 1. The summed E-state index contributed by atoms with van der Waals surface area (Å²) in [6.07, 6.45) is -2.55. The first-order chi connectivity index (χ1) is 9.60. The van der Waals surface area contributed by atoms with E-state index >= 15 is 0 Å². The number of rotatable bonds is 4. The van der Waals surface area contributed by atoms with Gasteiger partial charge in [-0.25, -0.2) is 9.59 Å². The van der Waals surface area contributed by atoms with Gasteiger partial charge in [0.25, 0.3) is 0 Å². The molecule has 0 heterocycles. The van der Waals surface area contributed by atoms with E-state index in [0.29, 0.717) is 5.56 Å². The molecule has 0 aromatic heterocycles. The van der Waals surface area contributed by atoms with Crippen molar-refractivity contribution >= 4 is 12.1 Å². The highest BCUT2D eigenvalue weighted by molar-refractivity contribution is 5.75. The lowest BCUT2D eigenvalue weighted by molar-refractivity contribution is -0.148. The van der Waals surface area contributed by atoms with E-state index in [1.165, 1.54) is 0 Å². The van der Waals surface area contributed by atoms with Gasteiger partial charge in [0.2, 0.25) is 0 Å². The number of aliphatic carboxylic acids is 1. The molecule has 116 valence electrons. The molecule has 1 aromatic carbocycles. The molecule has 0 fully saturated rings. The Morgan fingerprint density at radius 3 is 2.14 bits per heavy atom. The maximum absolute atomic E-state index is 11.8. The van der Waals surface area contributed by atoms with Gasteiger partial charge in [-0.2, -0.15) is 0 Å². The van der Waals surface area contributed by atoms with E-state index in [4.69, 9.17) is 9.84 Å². The van der Waals surface area contributed by atoms with E-state index in [1.807, 2.05) is 6.92 Å². The first-order valence-electron chi connectivity index (χ1n) is 6.57. The van der Waals surface area contributed by atoms with Gasteiger partial charge in [0, 0.05) is 0 Å². The lowest BCUT2D eigenvalue weighted by Gasteiger charge is -2.25. The van der Waals surface area contributed by atoms with Crippen LogP contribution in [-0.4, -0.2) is 34.0 Å². The molecule has 0 spiro atoms. The van der Waals surface area contributed by atoms with E-state index < -0.39 is 29.8 Å². The van der Waals surface area contributed by atoms with Gasteiger partial charge in [-0.1, -0.05) is 29.8 Å². The predicted octanol–water partition coefficient (Wildman–Crippen LogP) is 2.01. The van der Waals surface area contributed by atoms with E-state index in [2.05, 4.69) is 5.32 Å². The number of aliphatic hydroxyl groups excluding tert-OH is 1. The van der Waals surface area contributed by atoms with Gasteiger partial charge in [0.05, 0.1) is 6.04 Å². The zero-order chi connectivity index (χ0) is 16.2. The molecular formula is C15H21NO5. The second-order valence-electron chi connectivity index (χ2n) is 5.82. The number of amides is 1. The van der Waals surface area contributed by atoms with Crippen LogP contribution in [0, 0.1) is 6.92 Å². The highest BCUT2D eigenvalue weighted by atomic mass is 16.6. The van der Waals surface area contributed by atoms with Gasteiger partial charge < -0.3 is 20.3 Å². The minimum absolute atomic E-state index is 0.487. The van der Waals surface area contributed by atoms with Crippen LogP contribution in [0.1, 0.15) is 37.9 Å². The first kappa shape index (κ1) is 17.0. The van der Waals surface area contributed by atoms with Crippen molar-refractivity contribution in [2.24, 2.45) is 0 Å². The topological polar surface area (TPSA) is 95.9 Å². The molecule has 0 bridgehead atoms. The fraction of sp³-hybridized carbons (Fsp3) is 0.467. The third kappa shape index (κ3) is 5.43. The molecule has 21 heavy (non-hydrogen) atoms. The van der Waals surface area contributed by atoms with Gasteiger partial charge in [-0.05, 0) is 33.3 Å². The fourth-order valence-electron chi connectivity index (χ4n) is 1.70. The van der Waals surface area contributed by atoms with Crippen molar-refractivity contribution in [1.29, 1.82) is 0 Å². The monoisotopic (exact) mass is 295 g/mol. The van der Waals surface area contributed by atoms with Crippen molar-refractivity contribution in [3.05, 3.63) is 35.4 Å². The van der Waals surface area contributed by atoms with Gasteiger partial charge in [0.1, 0.15) is 5.60 Å². The van der Waals surface area contributed by atoms with Crippen molar-refractivity contribution in [3.8, 4) is 0 Å². The Morgan fingerprint density at radius 1 is 1.19 bits per heavy atom. The largest absolute Gasteiger partial charge is 0.479 e. The summed E-state index contributed by atoms with van der Waals surface area (Å²) in [6, 6.07) is 5.77. The molecule has 0 saturated carbocycles. The van der Waals surface area contributed by atoms with Gasteiger partial charge in [-0.3, -0.25) is 0 Å². The van der Waals surface area contributed by atoms with Gasteiger partial charge in [-0.15, -0.1) is 0 Å². The summed E-state index contributed by atoms with van der Waals surface area (Å²) >= 11 is 0. The molecule has 6 nitrogen and oxygen atoms in total. The number of hydrogen-bond acceptors (Lipinski definition) is 4. The third-order valence-corrected chi connectivity index (χ3v) is 2.68. The molecule has 6 heteroatoms. The quantitative estimate of drug-likeness (QED) is 0.789. The third-order valence-electron chi connectivity index (χ3n) is 2.68. The molecule has 0 aliphatic heterocycles. The standard InChI is InChI=1S/C15H21NO5/c1-9-5-7-10(8-6-9)11(12(17)13(18)19)16-14(20)21-15(2,3)4/h5-8,11-12,17H,1-4H3,(H,16,20)(H,18,19)/t11-,12+/m0/s1. The highest BCUT2D eigenvalue weighted by Crippen LogP contribution is 2.19. The highest BCUT2D eigenvalue weighted by Gasteiger charge is 2.30. The molecule has 0 radical (unpaired) electrons. The summed E-state index contributed by atoms with van der Waals surface area (Å²) in [5, 5.41) is 21.2. The number of ether oxygens (including phenoxy) is 1. The second-order valence-corrected chi connectivity index (χ2v) is 5.82. The van der Waals surface area contributed by atoms with Gasteiger partial charge >= 0.3 is 12.1 Å². The van der Waals surface area contributed by atoms with Crippen LogP contribution < -0.4 is 5.32 Å². The maximum atomic E-state index is 11.8. The van der Waals surface area contributed by atoms with Crippen molar-refractivity contribution < 1.29 is 24.5 Å². The average Bonchev–Trinajstić information content (AvgIpc) is 2.34. The maximum Gasteiger partial charge on any atom is 0.408 e. The second kappa shape index (κ2) is 6.58. The Morgan fingerprint density at radius 2 is 1.71 bits per heavy atom. The summed E-state index contributed by atoms with van der Waals surface area (Å²) in [6.45, 7) is 6.97. The molecule has 1 rings (SSSR count). The summed E-state index contributed by atoms with van der Waals surface area (Å²) in [5.74, 6) is -1.42. The van der Waals surface area contributed by atoms with Gasteiger partial charge in [0.15, 0.2) is 6.10 Å². The number of carbonyl (C=O) groups excluding carboxylic acids is 1. The predicted molar refractivity (Wildman–Crippen MR) is 76.9 cm³/mol. The van der Waals surface area contributed by atoms with Crippen LogP contribution in [0.2, 0.25) is 0 Å². The van der Waals surface area contributed by atoms with Crippen molar-refractivity contribution in [2.75, 3.05) is 0 Å². The number of carboxylic acid groups (broad SMARTS) is 1. The average molecular weight is 295 g/mol. The smallest absolute Gasteiger partial charge is 0.408 e. The number of hydrogen-bond donors (Lipinski definition) is 3. The minimum atomic E-state index is -1.76. The van der Waals surface area contributed by atoms with E-state index in [-0.39, 0.29) is 0 Å². The Hall–Kier alpha value is -2.08. The van der Waals surface area contributed by atoms with Crippen LogP contribution in [0.4, 0.5) is 4.79 Å². The summed E-state index contributed by atoms with van der Waals surface area (Å²) in [4.78, 5) is 22.8. The Kier molecular flexibility index (Phi) is 5.32. The fourth-order valence-corrected chi connectivity index (χ4v) is 1.70. The SMILES string of the molecule is Cc1ccc([C@H](NC(=O)OC(C)(C)C)[C@@H](O)C(=O)O)cc1. The van der Waals surface area contributed by atoms with Crippen LogP contribution in [-0.2, 0) is 9.53 Å². The zero-order valence-electron chi connectivity index (χ0n) is 12.6. The first-order valence-corrected chi connectivity index (χ1v) is 6.57. The van der Waals surface area contributed by atoms with Crippen molar-refractivity contribution in [3.63, 3.8) is 0 Å². The molecule has 0 saturated heterocycles. The number of alkyl carbamates (subject to hydrolysis) is 1. The van der Waals surface area contributed by atoms with E-state index in [1.54, 1.807) is 45.0 Å². The Labute approximate surface area is 123 Å². The molecule has 0 aliphatic rings. The molecule has 3 N–H and O–H groups in total. The lowest BCUT2D eigenvalue weighted by Crippen LogP contribution is -2.42. The Balaban J connectivity index is 2.95. The molecule has 0 unspecified atom stereocenters. The van der Waals surface area contributed by atoms with Crippen LogP contribution >= 0.6 is 0 Å². The van der Waals surface area contributed by atoms with E-state index in [9.17, 15) is 14.7 Å². The summed E-state index contributed by atoms with van der Waals surface area (Å²) in [5.41, 5.74) is 0.761. The number of aryl methyl sites for hydroxylation is 1. The number of carbonyl (C=O) groups is 2. The lowest BCUT2D eigenvalue weighted by atomic mass is 10.0. The van der Waals surface area contributed by atoms with Crippen LogP contribution in [0.25, 0.3) is 0 Å². The van der Waals surface area contributed by atoms with Crippen LogP contribution in [0.15, 0.2) is 24.3 Å². The zero-order valence-corrected chi connectivity index (χ0v) is 12.6. The molecule has 1 amide bonds. The summed E-state index contributed by atoms with van der Waals surface area (Å²) in [7, 11) is 0. The molecule has 2 atom stereocenters. The molecule has 1 aromatic rings. The van der Waals surface area contributed by atoms with Crippen molar-refractivity contribution in [2.45, 2.75) is 45.4 Å². The van der Waals surface area contributed by atoms with Crippen molar-refractivity contribution in [1.82, 2.24) is 5.32 Å². The number of carboxylic acids is 1.